The summed E-state index contributed by atoms with van der Waals surface area (Å²) < 4.78 is 6.89. The van der Waals surface area contributed by atoms with Crippen molar-refractivity contribution in [2.45, 2.75) is 32.6 Å². The standard InChI is InChI=1S/C12H18N2O3/c1-2-17-11(15)6-4-8-14-7-3-5-10(9-14)12(13)16/h3,5,7,9,11,15H,2,4,6,8H2,1H3,(H-,13,16)/p+1. The van der Waals surface area contributed by atoms with Gasteiger partial charge >= 0.3 is 0 Å². The molecule has 0 bridgehead atoms. The van der Waals surface area contributed by atoms with E-state index in [1.165, 1.54) is 0 Å². The highest BCUT2D eigenvalue weighted by molar-refractivity contribution is 5.92. The second kappa shape index (κ2) is 6.98. The van der Waals surface area contributed by atoms with Crippen LogP contribution in [0.5, 0.6) is 0 Å². The zero-order valence-corrected chi connectivity index (χ0v) is 10.0. The molecule has 0 radical (unpaired) electrons. The molecular weight excluding hydrogens is 220 g/mol. The average molecular weight is 239 g/mol. The van der Waals surface area contributed by atoms with Crippen LogP contribution in [0.25, 0.3) is 0 Å². The Morgan fingerprint density at radius 2 is 2.41 bits per heavy atom. The molecule has 1 aromatic rings. The van der Waals surface area contributed by atoms with Crippen molar-refractivity contribution < 1.29 is 19.2 Å². The van der Waals surface area contributed by atoms with E-state index in [1.54, 1.807) is 18.3 Å². The third-order valence-electron chi connectivity index (χ3n) is 2.37. The molecular formula is C12H19N2O3+. The minimum Gasteiger partial charge on any atom is -0.368 e. The molecule has 5 nitrogen and oxygen atoms in total. The van der Waals surface area contributed by atoms with Gasteiger partial charge in [0.15, 0.2) is 18.7 Å². The molecule has 5 heteroatoms. The summed E-state index contributed by atoms with van der Waals surface area (Å²) in [6.45, 7) is 3.06. The fourth-order valence-corrected chi connectivity index (χ4v) is 1.53. The molecule has 1 aromatic heterocycles. The fourth-order valence-electron chi connectivity index (χ4n) is 1.53. The third-order valence-corrected chi connectivity index (χ3v) is 2.37. The minimum atomic E-state index is -0.708. The Morgan fingerprint density at radius 1 is 1.65 bits per heavy atom. The number of carbonyl (C=O) groups is 1. The number of aliphatic hydroxyl groups excluding tert-OH is 1. The monoisotopic (exact) mass is 239 g/mol. The molecule has 0 saturated carbocycles. The lowest BCUT2D eigenvalue weighted by molar-refractivity contribution is -0.697. The summed E-state index contributed by atoms with van der Waals surface area (Å²) in [5.74, 6) is -0.436. The molecule has 1 rings (SSSR count). The predicted octanol–water partition coefficient (Wildman–Crippen LogP) is 0.208. The van der Waals surface area contributed by atoms with Gasteiger partial charge < -0.3 is 15.6 Å². The van der Waals surface area contributed by atoms with Crippen molar-refractivity contribution in [3.8, 4) is 0 Å². The van der Waals surface area contributed by atoms with Crippen LogP contribution < -0.4 is 10.3 Å². The Kier molecular flexibility index (Phi) is 5.59. The minimum absolute atomic E-state index is 0.436. The molecule has 3 N–H and O–H groups in total. The smallest absolute Gasteiger partial charge is 0.254 e. The molecule has 1 heterocycles. The lowest BCUT2D eigenvalue weighted by Crippen LogP contribution is -2.35. The van der Waals surface area contributed by atoms with Gasteiger partial charge in [-0.1, -0.05) is 0 Å². The number of pyridine rings is 1. The third kappa shape index (κ3) is 4.93. The molecule has 94 valence electrons. The zero-order valence-electron chi connectivity index (χ0n) is 10.0. The quantitative estimate of drug-likeness (QED) is 0.527. The number of carbonyl (C=O) groups excluding carboxylic acids is 1. The van der Waals surface area contributed by atoms with E-state index in [1.807, 2.05) is 17.7 Å². The van der Waals surface area contributed by atoms with Crippen LogP contribution in [0.2, 0.25) is 0 Å². The van der Waals surface area contributed by atoms with E-state index in [4.69, 9.17) is 10.5 Å². The summed E-state index contributed by atoms with van der Waals surface area (Å²) in [5, 5.41) is 9.36. The predicted molar refractivity (Wildman–Crippen MR) is 62.0 cm³/mol. The molecule has 0 aliphatic carbocycles. The molecule has 1 unspecified atom stereocenters. The van der Waals surface area contributed by atoms with E-state index in [2.05, 4.69) is 0 Å². The summed E-state index contributed by atoms with van der Waals surface area (Å²) in [6, 6.07) is 3.45. The van der Waals surface area contributed by atoms with Gasteiger partial charge in [-0.3, -0.25) is 4.79 Å². The number of aliphatic hydroxyl groups is 1. The summed E-state index contributed by atoms with van der Waals surface area (Å²) in [5.41, 5.74) is 5.67. The van der Waals surface area contributed by atoms with E-state index in [0.29, 0.717) is 25.1 Å². The molecule has 0 aliphatic rings. The first kappa shape index (κ1) is 13.6. The number of amides is 1. The van der Waals surface area contributed by atoms with E-state index in [0.717, 1.165) is 6.42 Å². The van der Waals surface area contributed by atoms with Crippen LogP contribution in [-0.2, 0) is 11.3 Å². The highest BCUT2D eigenvalue weighted by Crippen LogP contribution is 1.99. The summed E-state index contributed by atoms with van der Waals surface area (Å²) in [4.78, 5) is 11.0. The van der Waals surface area contributed by atoms with Crippen LogP contribution in [-0.4, -0.2) is 23.9 Å². The molecule has 0 aliphatic heterocycles. The van der Waals surface area contributed by atoms with Crippen LogP contribution in [0.1, 0.15) is 30.1 Å². The van der Waals surface area contributed by atoms with Crippen LogP contribution >= 0.6 is 0 Å². The van der Waals surface area contributed by atoms with Gasteiger partial charge in [-0.05, 0) is 13.0 Å². The maximum Gasteiger partial charge on any atom is 0.254 e. The Morgan fingerprint density at radius 3 is 3.06 bits per heavy atom. The van der Waals surface area contributed by atoms with Crippen molar-refractivity contribution in [2.24, 2.45) is 5.73 Å². The van der Waals surface area contributed by atoms with Gasteiger partial charge in [0.05, 0.1) is 0 Å². The van der Waals surface area contributed by atoms with Crippen LogP contribution in [0.3, 0.4) is 0 Å². The number of aromatic nitrogens is 1. The first-order valence-electron chi connectivity index (χ1n) is 5.72. The van der Waals surface area contributed by atoms with Gasteiger partial charge in [0.25, 0.3) is 5.91 Å². The van der Waals surface area contributed by atoms with Crippen molar-refractivity contribution in [3.63, 3.8) is 0 Å². The Hall–Kier alpha value is -1.46. The van der Waals surface area contributed by atoms with Crippen LogP contribution in [0.15, 0.2) is 24.5 Å². The lowest BCUT2D eigenvalue weighted by Gasteiger charge is -2.08. The fraction of sp³-hybridized carbons (Fsp3) is 0.500. The highest BCUT2D eigenvalue weighted by atomic mass is 16.6. The highest BCUT2D eigenvalue weighted by Gasteiger charge is 2.08. The molecule has 1 atom stereocenters. The molecule has 0 fully saturated rings. The zero-order chi connectivity index (χ0) is 12.7. The van der Waals surface area contributed by atoms with Crippen molar-refractivity contribution in [2.75, 3.05) is 6.61 Å². The number of ether oxygens (including phenoxy) is 1. The maximum atomic E-state index is 11.0. The number of nitrogens with zero attached hydrogens (tertiary/aromatic N) is 1. The molecule has 17 heavy (non-hydrogen) atoms. The van der Waals surface area contributed by atoms with E-state index in [-0.39, 0.29) is 0 Å². The topological polar surface area (TPSA) is 76.4 Å². The number of primary amides is 1. The van der Waals surface area contributed by atoms with Gasteiger partial charge in [-0.25, -0.2) is 4.57 Å². The summed E-state index contributed by atoms with van der Waals surface area (Å²) in [7, 11) is 0. The number of hydrogen-bond donors (Lipinski definition) is 2. The number of hydrogen-bond acceptors (Lipinski definition) is 3. The molecule has 0 aromatic carbocycles. The Balaban J connectivity index is 2.41. The van der Waals surface area contributed by atoms with E-state index >= 15 is 0 Å². The van der Waals surface area contributed by atoms with E-state index in [9.17, 15) is 9.90 Å². The Bertz CT molecular complexity index is 369. The number of rotatable bonds is 7. The van der Waals surface area contributed by atoms with E-state index < -0.39 is 12.2 Å². The SMILES string of the molecule is CCOC(O)CCC[n+]1cccc(C(N)=O)c1. The van der Waals surface area contributed by atoms with Crippen molar-refractivity contribution >= 4 is 5.91 Å². The summed E-state index contributed by atoms with van der Waals surface area (Å²) >= 11 is 0. The molecule has 1 amide bonds. The van der Waals surface area contributed by atoms with Crippen molar-refractivity contribution in [3.05, 3.63) is 30.1 Å². The maximum absolute atomic E-state index is 11.0. The summed E-state index contributed by atoms with van der Waals surface area (Å²) in [6.07, 6.45) is 4.20. The largest absolute Gasteiger partial charge is 0.368 e. The second-order valence-electron chi connectivity index (χ2n) is 3.75. The average Bonchev–Trinajstić information content (AvgIpc) is 2.30. The normalized spacial score (nSPS) is 12.4. The first-order chi connectivity index (χ1) is 8.13. The first-order valence-corrected chi connectivity index (χ1v) is 5.72. The van der Waals surface area contributed by atoms with Crippen LogP contribution in [0.4, 0.5) is 0 Å². The van der Waals surface area contributed by atoms with Gasteiger partial charge in [-0.15, -0.1) is 0 Å². The van der Waals surface area contributed by atoms with Gasteiger partial charge in [0, 0.05) is 25.5 Å². The van der Waals surface area contributed by atoms with Gasteiger partial charge in [0.2, 0.25) is 0 Å². The number of aryl methyl sites for hydroxylation is 1. The second-order valence-corrected chi connectivity index (χ2v) is 3.75. The molecule has 0 saturated heterocycles. The Labute approximate surface area is 101 Å². The van der Waals surface area contributed by atoms with Crippen LogP contribution in [0, 0.1) is 0 Å². The lowest BCUT2D eigenvalue weighted by atomic mass is 10.2. The van der Waals surface area contributed by atoms with Crippen molar-refractivity contribution in [1.82, 2.24) is 0 Å². The van der Waals surface area contributed by atoms with Crippen molar-refractivity contribution in [1.29, 1.82) is 0 Å². The molecule has 0 spiro atoms. The van der Waals surface area contributed by atoms with Gasteiger partial charge in [-0.2, -0.15) is 0 Å². The van der Waals surface area contributed by atoms with Gasteiger partial charge in [0.1, 0.15) is 12.1 Å². The number of nitrogens with two attached hydrogens (primary N) is 1.